The van der Waals surface area contributed by atoms with Crippen LogP contribution in [0.25, 0.3) is 11.4 Å². The Morgan fingerprint density at radius 1 is 1.26 bits per heavy atom. The first-order chi connectivity index (χ1) is 13.2. The van der Waals surface area contributed by atoms with E-state index in [9.17, 15) is 4.79 Å². The van der Waals surface area contributed by atoms with Crippen molar-refractivity contribution < 1.29 is 9.53 Å². The fourth-order valence-corrected chi connectivity index (χ4v) is 3.54. The predicted octanol–water partition coefficient (Wildman–Crippen LogP) is 3.41. The lowest BCUT2D eigenvalue weighted by Crippen LogP contribution is -2.14. The van der Waals surface area contributed by atoms with E-state index in [-0.39, 0.29) is 11.7 Å². The molecule has 7 nitrogen and oxygen atoms in total. The number of nitrogens with zero attached hydrogens (tertiary/aromatic N) is 4. The average molecular weight is 381 g/mol. The maximum Gasteiger partial charge on any atom is 0.234 e. The molecule has 0 radical (unpaired) electrons. The van der Waals surface area contributed by atoms with Gasteiger partial charge in [0.15, 0.2) is 11.0 Å². The number of benzene rings is 1. The zero-order chi connectivity index (χ0) is 18.6. The van der Waals surface area contributed by atoms with E-state index < -0.39 is 0 Å². The van der Waals surface area contributed by atoms with Gasteiger partial charge in [0.2, 0.25) is 5.91 Å². The van der Waals surface area contributed by atoms with Gasteiger partial charge in [0.25, 0.3) is 0 Å². The lowest BCUT2D eigenvalue weighted by Gasteiger charge is -2.09. The number of ether oxygens (including phenoxy) is 1. The lowest BCUT2D eigenvalue weighted by atomic mass is 10.3. The van der Waals surface area contributed by atoms with Gasteiger partial charge in [-0.1, -0.05) is 11.8 Å². The van der Waals surface area contributed by atoms with Crippen molar-refractivity contribution in [3.63, 3.8) is 0 Å². The third kappa shape index (κ3) is 4.11. The van der Waals surface area contributed by atoms with E-state index in [1.807, 2.05) is 36.4 Å². The number of hydrogen-bond acceptors (Lipinski definition) is 6. The van der Waals surface area contributed by atoms with Gasteiger partial charge < -0.3 is 10.1 Å². The summed E-state index contributed by atoms with van der Waals surface area (Å²) in [6.07, 6.45) is 5.74. The van der Waals surface area contributed by atoms with E-state index in [0.29, 0.717) is 6.04 Å². The molecule has 1 aliphatic rings. The molecule has 0 saturated heterocycles. The molecular weight excluding hydrogens is 362 g/mol. The summed E-state index contributed by atoms with van der Waals surface area (Å²) in [4.78, 5) is 16.4. The summed E-state index contributed by atoms with van der Waals surface area (Å²) in [7, 11) is 1.61. The highest BCUT2D eigenvalue weighted by Crippen LogP contribution is 2.40. The topological polar surface area (TPSA) is 81.9 Å². The van der Waals surface area contributed by atoms with Crippen molar-refractivity contribution in [1.82, 2.24) is 19.7 Å². The Balaban J connectivity index is 1.43. The summed E-state index contributed by atoms with van der Waals surface area (Å²) in [6.45, 7) is 0. The molecule has 1 aliphatic carbocycles. The van der Waals surface area contributed by atoms with Crippen molar-refractivity contribution in [2.45, 2.75) is 24.0 Å². The predicted molar refractivity (Wildman–Crippen MR) is 104 cm³/mol. The van der Waals surface area contributed by atoms with Gasteiger partial charge in [-0.3, -0.25) is 14.3 Å². The second kappa shape index (κ2) is 7.79. The van der Waals surface area contributed by atoms with E-state index in [4.69, 9.17) is 4.74 Å². The number of aromatic nitrogens is 4. The Kier molecular flexibility index (Phi) is 5.06. The number of rotatable bonds is 7. The highest BCUT2D eigenvalue weighted by molar-refractivity contribution is 7.99. The molecular formula is C19H19N5O2S. The molecule has 8 heteroatoms. The van der Waals surface area contributed by atoms with Crippen molar-refractivity contribution in [2.24, 2.45) is 0 Å². The number of carbonyl (C=O) groups excluding carboxylic acids is 1. The molecule has 3 aromatic rings. The third-order valence-electron chi connectivity index (χ3n) is 4.20. The van der Waals surface area contributed by atoms with Crippen molar-refractivity contribution in [2.75, 3.05) is 18.2 Å². The van der Waals surface area contributed by atoms with Crippen LogP contribution in [0.3, 0.4) is 0 Å². The van der Waals surface area contributed by atoms with E-state index in [1.54, 1.807) is 19.5 Å². The zero-order valence-corrected chi connectivity index (χ0v) is 15.6. The van der Waals surface area contributed by atoms with Crippen LogP contribution in [0.5, 0.6) is 5.75 Å². The SMILES string of the molecule is COc1ccc(NC(=O)CSc2nnc(-c3cccnc3)n2C2CC2)cc1. The first-order valence-electron chi connectivity index (χ1n) is 8.66. The van der Waals surface area contributed by atoms with Crippen LogP contribution >= 0.6 is 11.8 Å². The Hall–Kier alpha value is -2.87. The fraction of sp³-hybridized carbons (Fsp3) is 0.263. The van der Waals surface area contributed by atoms with Gasteiger partial charge >= 0.3 is 0 Å². The summed E-state index contributed by atoms with van der Waals surface area (Å²) < 4.78 is 7.25. The van der Waals surface area contributed by atoms with E-state index in [1.165, 1.54) is 11.8 Å². The number of hydrogen-bond donors (Lipinski definition) is 1. The smallest absolute Gasteiger partial charge is 0.234 e. The van der Waals surface area contributed by atoms with Crippen molar-refractivity contribution in [3.05, 3.63) is 48.8 Å². The summed E-state index contributed by atoms with van der Waals surface area (Å²) in [5.74, 6) is 1.74. The highest BCUT2D eigenvalue weighted by atomic mass is 32.2. The van der Waals surface area contributed by atoms with Gasteiger partial charge in [-0.2, -0.15) is 0 Å². The third-order valence-corrected chi connectivity index (χ3v) is 5.15. The molecule has 0 bridgehead atoms. The van der Waals surface area contributed by atoms with Crippen LogP contribution in [-0.2, 0) is 4.79 Å². The maximum atomic E-state index is 12.3. The first-order valence-corrected chi connectivity index (χ1v) is 9.65. The minimum atomic E-state index is -0.0848. The van der Waals surface area contributed by atoms with Crippen molar-refractivity contribution >= 4 is 23.4 Å². The Morgan fingerprint density at radius 3 is 2.74 bits per heavy atom. The summed E-state index contributed by atoms with van der Waals surface area (Å²) >= 11 is 1.40. The number of thioether (sulfide) groups is 1. The highest BCUT2D eigenvalue weighted by Gasteiger charge is 2.30. The van der Waals surface area contributed by atoms with Crippen molar-refractivity contribution in [3.8, 4) is 17.1 Å². The fourth-order valence-electron chi connectivity index (χ4n) is 2.73. The van der Waals surface area contributed by atoms with Gasteiger partial charge in [-0.15, -0.1) is 10.2 Å². The molecule has 0 aliphatic heterocycles. The number of methoxy groups -OCH3 is 1. The Bertz CT molecular complexity index is 923. The average Bonchev–Trinajstić information content (AvgIpc) is 3.46. The molecule has 138 valence electrons. The van der Waals surface area contributed by atoms with Crippen LogP contribution in [0.4, 0.5) is 5.69 Å². The molecule has 1 N–H and O–H groups in total. The molecule has 0 unspecified atom stereocenters. The molecule has 2 heterocycles. The molecule has 1 aromatic carbocycles. The van der Waals surface area contributed by atoms with Crippen LogP contribution in [0.1, 0.15) is 18.9 Å². The molecule has 4 rings (SSSR count). The van der Waals surface area contributed by atoms with E-state index in [0.717, 1.165) is 40.8 Å². The van der Waals surface area contributed by atoms with Gasteiger partial charge in [-0.05, 0) is 49.2 Å². The minimum Gasteiger partial charge on any atom is -0.497 e. The Morgan fingerprint density at radius 2 is 2.07 bits per heavy atom. The number of carbonyl (C=O) groups is 1. The Labute approximate surface area is 161 Å². The van der Waals surface area contributed by atoms with E-state index >= 15 is 0 Å². The first kappa shape index (κ1) is 17.5. The number of anilines is 1. The monoisotopic (exact) mass is 381 g/mol. The van der Waals surface area contributed by atoms with Crippen LogP contribution in [0, 0.1) is 0 Å². The number of nitrogens with one attached hydrogen (secondary N) is 1. The van der Waals surface area contributed by atoms with Crippen LogP contribution in [0.2, 0.25) is 0 Å². The van der Waals surface area contributed by atoms with Gasteiger partial charge in [0.1, 0.15) is 5.75 Å². The standard InChI is InChI=1S/C19H19N5O2S/c1-26-16-8-4-14(5-9-16)21-17(25)12-27-19-23-22-18(24(19)15-6-7-15)13-3-2-10-20-11-13/h2-5,8-11,15H,6-7,12H2,1H3,(H,21,25). The summed E-state index contributed by atoms with van der Waals surface area (Å²) in [5, 5.41) is 12.3. The molecule has 1 fully saturated rings. The summed E-state index contributed by atoms with van der Waals surface area (Å²) in [6, 6.07) is 11.5. The second-order valence-corrected chi connectivity index (χ2v) is 7.16. The number of amides is 1. The maximum absolute atomic E-state index is 12.3. The normalized spacial score (nSPS) is 13.4. The molecule has 0 spiro atoms. The van der Waals surface area contributed by atoms with Crippen molar-refractivity contribution in [1.29, 1.82) is 0 Å². The summed E-state index contributed by atoms with van der Waals surface area (Å²) in [5.41, 5.74) is 1.67. The molecule has 0 atom stereocenters. The zero-order valence-electron chi connectivity index (χ0n) is 14.8. The van der Waals surface area contributed by atoms with Crippen LogP contribution in [-0.4, -0.2) is 38.5 Å². The molecule has 1 amide bonds. The van der Waals surface area contributed by atoms with Gasteiger partial charge in [-0.25, -0.2) is 0 Å². The van der Waals surface area contributed by atoms with E-state index in [2.05, 4.69) is 25.1 Å². The number of pyridine rings is 1. The molecule has 1 saturated carbocycles. The van der Waals surface area contributed by atoms with Gasteiger partial charge in [0, 0.05) is 29.7 Å². The molecule has 2 aromatic heterocycles. The minimum absolute atomic E-state index is 0.0848. The largest absolute Gasteiger partial charge is 0.497 e. The molecule has 27 heavy (non-hydrogen) atoms. The lowest BCUT2D eigenvalue weighted by molar-refractivity contribution is -0.113. The second-order valence-electron chi connectivity index (χ2n) is 6.21. The van der Waals surface area contributed by atoms with Crippen LogP contribution < -0.4 is 10.1 Å². The van der Waals surface area contributed by atoms with Crippen LogP contribution in [0.15, 0.2) is 53.9 Å². The van der Waals surface area contributed by atoms with Gasteiger partial charge in [0.05, 0.1) is 12.9 Å². The quantitative estimate of drug-likeness (QED) is 0.632.